The van der Waals surface area contributed by atoms with Crippen LogP contribution in [0.2, 0.25) is 0 Å². The van der Waals surface area contributed by atoms with E-state index >= 15 is 0 Å². The highest BCUT2D eigenvalue weighted by molar-refractivity contribution is 5.98. The number of allylic oxidation sites excluding steroid dienone is 1. The molecule has 1 aromatic carbocycles. The highest BCUT2D eigenvalue weighted by Gasteiger charge is 2.15. The van der Waals surface area contributed by atoms with Gasteiger partial charge in [-0.25, -0.2) is 4.39 Å². The summed E-state index contributed by atoms with van der Waals surface area (Å²) in [7, 11) is 1.49. The second kappa shape index (κ2) is 7.08. The molecule has 0 saturated heterocycles. The van der Waals surface area contributed by atoms with Crippen LogP contribution in [0, 0.1) is 5.92 Å². The van der Waals surface area contributed by atoms with Crippen molar-refractivity contribution in [2.45, 2.75) is 34.1 Å². The molecule has 0 radical (unpaired) electrons. The van der Waals surface area contributed by atoms with Crippen molar-refractivity contribution < 1.29 is 18.7 Å². The number of ether oxygens (including phenoxy) is 2. The van der Waals surface area contributed by atoms with Crippen molar-refractivity contribution in [2.24, 2.45) is 5.92 Å². The predicted molar refractivity (Wildman–Crippen MR) is 77.7 cm³/mol. The second-order valence-electron chi connectivity index (χ2n) is 4.85. The van der Waals surface area contributed by atoms with Crippen LogP contribution in [0.4, 0.5) is 4.39 Å². The number of para-hydroxylation sites is 1. The average molecular weight is 280 g/mol. The summed E-state index contributed by atoms with van der Waals surface area (Å²) in [4.78, 5) is 11.7. The summed E-state index contributed by atoms with van der Waals surface area (Å²) in [6, 6.07) is 5.24. The van der Waals surface area contributed by atoms with Crippen LogP contribution >= 0.6 is 0 Å². The number of carbonyl (C=O) groups excluding carboxylic acids is 1. The largest absolute Gasteiger partial charge is 0.493 e. The van der Waals surface area contributed by atoms with E-state index in [0.29, 0.717) is 22.6 Å². The van der Waals surface area contributed by atoms with Gasteiger partial charge in [-0.2, -0.15) is 0 Å². The molecule has 1 unspecified atom stereocenters. The van der Waals surface area contributed by atoms with Crippen molar-refractivity contribution in [1.82, 2.24) is 0 Å². The Balaban J connectivity index is 3.36. The average Bonchev–Trinajstić information content (AvgIpc) is 2.35. The monoisotopic (exact) mass is 280 g/mol. The number of ketones is 1. The molecule has 3 nitrogen and oxygen atoms in total. The Morgan fingerprint density at radius 2 is 1.95 bits per heavy atom. The lowest BCUT2D eigenvalue weighted by Crippen LogP contribution is -2.08. The van der Waals surface area contributed by atoms with E-state index in [9.17, 15) is 9.18 Å². The molecule has 0 bridgehead atoms. The Kier molecular flexibility index (Phi) is 5.74. The molecule has 110 valence electrons. The number of halogens is 1. The molecule has 0 fully saturated rings. The minimum Gasteiger partial charge on any atom is -0.493 e. The lowest BCUT2D eigenvalue weighted by atomic mass is 9.97. The molecule has 20 heavy (non-hydrogen) atoms. The fourth-order valence-corrected chi connectivity index (χ4v) is 1.94. The minimum absolute atomic E-state index is 0.0120. The molecule has 0 aromatic heterocycles. The van der Waals surface area contributed by atoms with E-state index in [1.807, 2.05) is 13.8 Å². The molecule has 1 atom stereocenters. The maximum atomic E-state index is 13.2. The third-order valence-electron chi connectivity index (χ3n) is 2.85. The third-order valence-corrected chi connectivity index (χ3v) is 2.85. The summed E-state index contributed by atoms with van der Waals surface area (Å²) in [5.41, 5.74) is 1.29. The number of hydrogen-bond donors (Lipinski definition) is 0. The van der Waals surface area contributed by atoms with Crippen LogP contribution in [0.5, 0.6) is 11.5 Å². The van der Waals surface area contributed by atoms with Gasteiger partial charge >= 0.3 is 0 Å². The highest BCUT2D eigenvalue weighted by atomic mass is 19.1. The fraction of sp³-hybridized carbons (Fsp3) is 0.438. The third kappa shape index (κ3) is 4.08. The molecule has 0 aliphatic rings. The number of alkyl halides is 1. The first-order valence-corrected chi connectivity index (χ1v) is 6.57. The number of rotatable bonds is 6. The van der Waals surface area contributed by atoms with Gasteiger partial charge in [-0.15, -0.1) is 0 Å². The molecule has 0 aliphatic carbocycles. The molecular weight excluding hydrogens is 259 g/mol. The van der Waals surface area contributed by atoms with Crippen LogP contribution in [0.25, 0.3) is 6.08 Å². The molecule has 1 aromatic rings. The number of Topliss-reactive ketones (excluding diaryl/α,β-unsaturated/α-hetero) is 1. The predicted octanol–water partition coefficient (Wildman–Crippen LogP) is 4.02. The van der Waals surface area contributed by atoms with Crippen molar-refractivity contribution in [3.05, 3.63) is 29.3 Å². The second-order valence-corrected chi connectivity index (χ2v) is 4.85. The van der Waals surface area contributed by atoms with E-state index in [0.717, 1.165) is 0 Å². The van der Waals surface area contributed by atoms with Crippen LogP contribution in [-0.4, -0.2) is 19.3 Å². The topological polar surface area (TPSA) is 35.5 Å². The number of benzene rings is 1. The van der Waals surface area contributed by atoms with Crippen molar-refractivity contribution in [1.29, 1.82) is 0 Å². The smallest absolute Gasteiger partial charge is 0.236 e. The summed E-state index contributed by atoms with van der Waals surface area (Å²) in [5, 5.41) is 0. The maximum Gasteiger partial charge on any atom is 0.236 e. The summed E-state index contributed by atoms with van der Waals surface area (Å²) in [6.07, 6.45) is 0.269. The normalized spacial score (nSPS) is 13.2. The summed E-state index contributed by atoms with van der Waals surface area (Å²) in [5.74, 6) is 0.815. The Morgan fingerprint density at radius 1 is 1.30 bits per heavy atom. The van der Waals surface area contributed by atoms with Crippen LogP contribution < -0.4 is 9.47 Å². The maximum absolute atomic E-state index is 13.2. The number of hydrogen-bond acceptors (Lipinski definition) is 3. The van der Waals surface area contributed by atoms with Crippen LogP contribution in [0.3, 0.4) is 0 Å². The Hall–Kier alpha value is -1.84. The molecule has 0 amide bonds. The molecule has 0 heterocycles. The van der Waals surface area contributed by atoms with Crippen molar-refractivity contribution in [3.63, 3.8) is 0 Å². The van der Waals surface area contributed by atoms with E-state index in [2.05, 4.69) is 0 Å². The Labute approximate surface area is 119 Å². The zero-order chi connectivity index (χ0) is 15.3. The first-order valence-electron chi connectivity index (χ1n) is 6.57. The van der Waals surface area contributed by atoms with Crippen LogP contribution in [0.1, 0.15) is 33.3 Å². The SMILES string of the molecule is COc1cccc(/C=C(/C(C)=O)C(C)C)c1OC(C)F. The summed E-state index contributed by atoms with van der Waals surface area (Å²) < 4.78 is 23.5. The van der Waals surface area contributed by atoms with E-state index in [-0.39, 0.29) is 11.7 Å². The van der Waals surface area contributed by atoms with Gasteiger partial charge in [0.05, 0.1) is 7.11 Å². The number of methoxy groups -OCH3 is 1. The molecular formula is C16H21FO3. The van der Waals surface area contributed by atoms with Crippen LogP contribution in [0.15, 0.2) is 23.8 Å². The van der Waals surface area contributed by atoms with Gasteiger partial charge in [0.1, 0.15) is 0 Å². The van der Waals surface area contributed by atoms with Gasteiger partial charge in [0.15, 0.2) is 17.3 Å². The Bertz CT molecular complexity index is 504. The first kappa shape index (κ1) is 16.2. The van der Waals surface area contributed by atoms with Crippen molar-refractivity contribution in [3.8, 4) is 11.5 Å². The fourth-order valence-electron chi connectivity index (χ4n) is 1.94. The minimum atomic E-state index is -1.46. The molecule has 4 heteroatoms. The number of carbonyl (C=O) groups is 1. The standard InChI is InChI=1S/C16H21FO3/c1-10(2)14(11(3)18)9-13-7-6-8-15(19-5)16(13)20-12(4)17/h6-10,12H,1-5H3/b14-9+. The van der Waals surface area contributed by atoms with Gasteiger partial charge in [-0.1, -0.05) is 26.0 Å². The van der Waals surface area contributed by atoms with Crippen molar-refractivity contribution in [2.75, 3.05) is 7.11 Å². The van der Waals surface area contributed by atoms with Gasteiger partial charge in [-0.3, -0.25) is 4.79 Å². The quantitative estimate of drug-likeness (QED) is 0.738. The first-order chi connectivity index (χ1) is 9.36. The molecule has 0 N–H and O–H groups in total. The molecule has 1 rings (SSSR count). The summed E-state index contributed by atoms with van der Waals surface area (Å²) >= 11 is 0. The van der Waals surface area contributed by atoms with Crippen LogP contribution in [-0.2, 0) is 4.79 Å². The zero-order valence-electron chi connectivity index (χ0n) is 12.6. The van der Waals surface area contributed by atoms with Gasteiger partial charge in [0, 0.05) is 12.5 Å². The van der Waals surface area contributed by atoms with Crippen molar-refractivity contribution >= 4 is 11.9 Å². The molecule has 0 saturated carbocycles. The lowest BCUT2D eigenvalue weighted by molar-refractivity contribution is -0.113. The zero-order valence-corrected chi connectivity index (χ0v) is 12.6. The van der Waals surface area contributed by atoms with E-state index in [1.54, 1.807) is 24.3 Å². The van der Waals surface area contributed by atoms with E-state index in [4.69, 9.17) is 9.47 Å². The lowest BCUT2D eigenvalue weighted by Gasteiger charge is -2.15. The van der Waals surface area contributed by atoms with E-state index in [1.165, 1.54) is 21.0 Å². The van der Waals surface area contributed by atoms with Gasteiger partial charge in [-0.05, 0) is 30.6 Å². The Morgan fingerprint density at radius 3 is 2.40 bits per heavy atom. The molecule has 0 spiro atoms. The van der Waals surface area contributed by atoms with Gasteiger partial charge < -0.3 is 9.47 Å². The van der Waals surface area contributed by atoms with Gasteiger partial charge in [0.25, 0.3) is 0 Å². The molecule has 0 aliphatic heterocycles. The highest BCUT2D eigenvalue weighted by Crippen LogP contribution is 2.34. The van der Waals surface area contributed by atoms with E-state index < -0.39 is 6.36 Å². The summed E-state index contributed by atoms with van der Waals surface area (Å²) in [6.45, 7) is 6.69. The van der Waals surface area contributed by atoms with Gasteiger partial charge in [0.2, 0.25) is 6.36 Å².